The molecule has 1 aliphatic rings. The van der Waals surface area contributed by atoms with Crippen LogP contribution in [0.2, 0.25) is 5.02 Å². The van der Waals surface area contributed by atoms with Gasteiger partial charge in [-0.2, -0.15) is 0 Å². The van der Waals surface area contributed by atoms with Gasteiger partial charge in [0.2, 0.25) is 5.91 Å². The molecule has 0 bridgehead atoms. The second kappa shape index (κ2) is 8.48. The van der Waals surface area contributed by atoms with Crippen LogP contribution in [-0.4, -0.2) is 48.4 Å². The molecule has 1 N–H and O–H groups in total. The van der Waals surface area contributed by atoms with Gasteiger partial charge in [-0.15, -0.1) is 0 Å². The molecule has 1 amide bonds. The lowest BCUT2D eigenvalue weighted by Crippen LogP contribution is -2.49. The van der Waals surface area contributed by atoms with Crippen molar-refractivity contribution < 1.29 is 4.79 Å². The largest absolute Gasteiger partial charge is 0.324 e. The molecule has 0 saturated carbocycles. The van der Waals surface area contributed by atoms with Crippen LogP contribution >= 0.6 is 11.6 Å². The lowest BCUT2D eigenvalue weighted by molar-refractivity contribution is -0.117. The first-order valence-electron chi connectivity index (χ1n) is 8.69. The summed E-state index contributed by atoms with van der Waals surface area (Å²) in [5, 5.41) is 3.46. The molecule has 2 aromatic rings. The van der Waals surface area contributed by atoms with Crippen molar-refractivity contribution in [3.8, 4) is 0 Å². The minimum Gasteiger partial charge on any atom is -0.324 e. The monoisotopic (exact) mass is 357 g/mol. The van der Waals surface area contributed by atoms with Gasteiger partial charge in [0.25, 0.3) is 0 Å². The van der Waals surface area contributed by atoms with Crippen molar-refractivity contribution in [1.82, 2.24) is 9.80 Å². The van der Waals surface area contributed by atoms with E-state index in [9.17, 15) is 4.79 Å². The fourth-order valence-electron chi connectivity index (χ4n) is 3.21. The predicted octanol–water partition coefficient (Wildman–Crippen LogP) is 3.66. The Labute approximate surface area is 154 Å². The molecule has 132 valence electrons. The topological polar surface area (TPSA) is 35.6 Å². The summed E-state index contributed by atoms with van der Waals surface area (Å²) in [6.07, 6.45) is 0. The third-order valence-corrected chi connectivity index (χ3v) is 5.08. The van der Waals surface area contributed by atoms with Crippen molar-refractivity contribution in [2.45, 2.75) is 13.0 Å². The summed E-state index contributed by atoms with van der Waals surface area (Å²) in [5.41, 5.74) is 2.01. The van der Waals surface area contributed by atoms with Gasteiger partial charge in [0.05, 0.1) is 17.3 Å². The predicted molar refractivity (Wildman–Crippen MR) is 103 cm³/mol. The molecule has 0 aromatic heterocycles. The van der Waals surface area contributed by atoms with E-state index >= 15 is 0 Å². The molecular formula is C20H24ClN3O. The normalized spacial score (nSPS) is 17.2. The molecular weight excluding hydrogens is 334 g/mol. The fourth-order valence-corrected chi connectivity index (χ4v) is 3.39. The number of hydrogen-bond acceptors (Lipinski definition) is 3. The Kier molecular flexibility index (Phi) is 6.08. The van der Waals surface area contributed by atoms with Crippen LogP contribution in [0, 0.1) is 0 Å². The van der Waals surface area contributed by atoms with Crippen molar-refractivity contribution in [1.29, 1.82) is 0 Å². The lowest BCUT2D eigenvalue weighted by atomic mass is 10.1. The van der Waals surface area contributed by atoms with Crippen molar-refractivity contribution in [3.05, 3.63) is 65.2 Å². The molecule has 25 heavy (non-hydrogen) atoms. The van der Waals surface area contributed by atoms with Crippen LogP contribution < -0.4 is 5.32 Å². The Morgan fingerprint density at radius 3 is 2.36 bits per heavy atom. The van der Waals surface area contributed by atoms with Gasteiger partial charge in [-0.25, -0.2) is 0 Å². The smallest absolute Gasteiger partial charge is 0.238 e. The number of carbonyl (C=O) groups is 1. The van der Waals surface area contributed by atoms with Gasteiger partial charge in [0.15, 0.2) is 0 Å². The van der Waals surface area contributed by atoms with Crippen molar-refractivity contribution in [2.75, 3.05) is 38.0 Å². The van der Waals surface area contributed by atoms with Crippen LogP contribution in [0.4, 0.5) is 5.69 Å². The average molecular weight is 358 g/mol. The van der Waals surface area contributed by atoms with Crippen molar-refractivity contribution in [2.24, 2.45) is 0 Å². The maximum Gasteiger partial charge on any atom is 0.238 e. The third kappa shape index (κ3) is 4.82. The third-order valence-electron chi connectivity index (χ3n) is 4.75. The molecule has 2 aromatic carbocycles. The Bertz CT molecular complexity index is 699. The molecule has 1 aliphatic heterocycles. The maximum atomic E-state index is 12.2. The van der Waals surface area contributed by atoms with Crippen LogP contribution in [0.15, 0.2) is 54.6 Å². The zero-order valence-electron chi connectivity index (χ0n) is 14.5. The summed E-state index contributed by atoms with van der Waals surface area (Å²) in [7, 11) is 0. The fraction of sp³-hybridized carbons (Fsp3) is 0.350. The zero-order valence-corrected chi connectivity index (χ0v) is 15.2. The maximum absolute atomic E-state index is 12.2. The highest BCUT2D eigenvalue weighted by molar-refractivity contribution is 6.33. The van der Waals surface area contributed by atoms with E-state index in [0.29, 0.717) is 23.3 Å². The summed E-state index contributed by atoms with van der Waals surface area (Å²) in [4.78, 5) is 16.9. The summed E-state index contributed by atoms with van der Waals surface area (Å²) in [6, 6.07) is 18.3. The standard InChI is InChI=1S/C20H24ClN3O/c1-16(17-7-3-2-4-8-17)24-13-11-23(12-14-24)15-20(25)22-19-10-6-5-9-18(19)21/h2-10,16H,11-15H2,1H3,(H,22,25). The molecule has 0 aliphatic carbocycles. The second-order valence-electron chi connectivity index (χ2n) is 6.43. The van der Waals surface area contributed by atoms with E-state index in [1.807, 2.05) is 24.3 Å². The number of hydrogen-bond donors (Lipinski definition) is 1. The first kappa shape index (κ1) is 17.9. The highest BCUT2D eigenvalue weighted by atomic mass is 35.5. The highest BCUT2D eigenvalue weighted by Crippen LogP contribution is 2.22. The van der Waals surface area contributed by atoms with E-state index in [-0.39, 0.29) is 5.91 Å². The second-order valence-corrected chi connectivity index (χ2v) is 6.83. The Morgan fingerprint density at radius 1 is 1.04 bits per heavy atom. The number of halogens is 1. The van der Waals surface area contributed by atoms with Gasteiger partial charge in [-0.1, -0.05) is 54.1 Å². The van der Waals surface area contributed by atoms with Crippen LogP contribution in [-0.2, 0) is 4.79 Å². The average Bonchev–Trinajstić information content (AvgIpc) is 2.64. The van der Waals surface area contributed by atoms with E-state index in [0.717, 1.165) is 26.2 Å². The zero-order chi connectivity index (χ0) is 17.6. The Morgan fingerprint density at radius 2 is 1.68 bits per heavy atom. The first-order chi connectivity index (χ1) is 12.1. The number of amides is 1. The number of carbonyl (C=O) groups excluding carboxylic acids is 1. The summed E-state index contributed by atoms with van der Waals surface area (Å²) in [6.45, 7) is 6.37. The number of nitrogens with one attached hydrogen (secondary N) is 1. The SMILES string of the molecule is CC(c1ccccc1)N1CCN(CC(=O)Nc2ccccc2Cl)CC1. The minimum absolute atomic E-state index is 0.0161. The molecule has 0 radical (unpaired) electrons. The lowest BCUT2D eigenvalue weighted by Gasteiger charge is -2.38. The van der Waals surface area contributed by atoms with E-state index in [1.165, 1.54) is 5.56 Å². The van der Waals surface area contributed by atoms with Crippen molar-refractivity contribution in [3.63, 3.8) is 0 Å². The molecule has 3 rings (SSSR count). The number of piperazine rings is 1. The van der Waals surface area contributed by atoms with E-state index in [2.05, 4.69) is 46.3 Å². The van der Waals surface area contributed by atoms with Gasteiger partial charge >= 0.3 is 0 Å². The molecule has 1 atom stereocenters. The van der Waals surface area contributed by atoms with Gasteiger partial charge in [0, 0.05) is 32.2 Å². The number of para-hydroxylation sites is 1. The molecule has 1 fully saturated rings. The molecule has 1 saturated heterocycles. The Balaban J connectivity index is 1.48. The van der Waals surface area contributed by atoms with Crippen LogP contribution in [0.5, 0.6) is 0 Å². The molecule has 0 spiro atoms. The van der Waals surface area contributed by atoms with Crippen LogP contribution in [0.3, 0.4) is 0 Å². The molecule has 5 heteroatoms. The number of benzene rings is 2. The molecule has 1 unspecified atom stereocenters. The first-order valence-corrected chi connectivity index (χ1v) is 9.07. The van der Waals surface area contributed by atoms with E-state index < -0.39 is 0 Å². The van der Waals surface area contributed by atoms with Crippen molar-refractivity contribution >= 4 is 23.2 Å². The number of rotatable bonds is 5. The molecule has 1 heterocycles. The summed E-state index contributed by atoms with van der Waals surface area (Å²) >= 11 is 6.09. The minimum atomic E-state index is -0.0161. The molecule has 4 nitrogen and oxygen atoms in total. The van der Waals surface area contributed by atoms with Gasteiger partial charge < -0.3 is 5.32 Å². The summed E-state index contributed by atoms with van der Waals surface area (Å²) < 4.78 is 0. The quantitative estimate of drug-likeness (QED) is 0.887. The van der Waals surface area contributed by atoms with E-state index in [1.54, 1.807) is 6.07 Å². The number of anilines is 1. The summed E-state index contributed by atoms with van der Waals surface area (Å²) in [5.74, 6) is -0.0161. The van der Waals surface area contributed by atoms with Gasteiger partial charge in [-0.3, -0.25) is 14.6 Å². The van der Waals surface area contributed by atoms with Gasteiger partial charge in [-0.05, 0) is 24.6 Å². The Hall–Kier alpha value is -1.88. The highest BCUT2D eigenvalue weighted by Gasteiger charge is 2.23. The van der Waals surface area contributed by atoms with Crippen LogP contribution in [0.25, 0.3) is 0 Å². The van der Waals surface area contributed by atoms with E-state index in [4.69, 9.17) is 11.6 Å². The number of nitrogens with zero attached hydrogens (tertiary/aromatic N) is 2. The van der Waals surface area contributed by atoms with Gasteiger partial charge in [0.1, 0.15) is 0 Å². The van der Waals surface area contributed by atoms with Crippen LogP contribution in [0.1, 0.15) is 18.5 Å².